The van der Waals surface area contributed by atoms with Crippen LogP contribution in [0.4, 0.5) is 0 Å². The molecule has 4 heteroatoms. The highest BCUT2D eigenvalue weighted by atomic mass is 16.5. The topological polar surface area (TPSA) is 52.6 Å². The molecule has 17 heavy (non-hydrogen) atoms. The minimum absolute atomic E-state index is 0.178. The highest BCUT2D eigenvalue weighted by Gasteiger charge is 2.24. The van der Waals surface area contributed by atoms with Gasteiger partial charge in [0.25, 0.3) is 5.78 Å². The van der Waals surface area contributed by atoms with Crippen molar-refractivity contribution in [1.29, 1.82) is 0 Å². The van der Waals surface area contributed by atoms with Crippen LogP contribution < -0.4 is 4.74 Å². The van der Waals surface area contributed by atoms with Crippen LogP contribution in [0, 0.1) is 13.8 Å². The van der Waals surface area contributed by atoms with E-state index in [4.69, 9.17) is 9.47 Å². The van der Waals surface area contributed by atoms with E-state index in [1.54, 1.807) is 19.9 Å². The molecular weight excluding hydrogens is 220 g/mol. The molecule has 0 amide bonds. The second kappa shape index (κ2) is 5.48. The minimum Gasteiger partial charge on any atom is -0.496 e. The smallest absolute Gasteiger partial charge is 0.379 e. The van der Waals surface area contributed by atoms with Gasteiger partial charge in [-0.1, -0.05) is 12.1 Å². The third-order valence-electron chi connectivity index (χ3n) is 2.45. The Morgan fingerprint density at radius 3 is 2.29 bits per heavy atom. The number of methoxy groups -OCH3 is 1. The van der Waals surface area contributed by atoms with E-state index in [0.29, 0.717) is 11.3 Å². The molecule has 92 valence electrons. The highest BCUT2D eigenvalue weighted by molar-refractivity contribution is 6.41. The van der Waals surface area contributed by atoms with E-state index >= 15 is 0 Å². The van der Waals surface area contributed by atoms with Gasteiger partial charge >= 0.3 is 5.97 Å². The molecule has 0 aliphatic heterocycles. The molecule has 0 aromatic heterocycles. The molecule has 1 aromatic carbocycles. The van der Waals surface area contributed by atoms with Gasteiger partial charge in [-0.3, -0.25) is 4.79 Å². The zero-order valence-electron chi connectivity index (χ0n) is 10.5. The molecule has 0 N–H and O–H groups in total. The standard InChI is InChI=1S/C13H16O4/c1-5-17-13(15)11(14)10-8(2)6-7-9(3)12(10)16-4/h6-7H,5H2,1-4H3. The first-order valence-corrected chi connectivity index (χ1v) is 5.38. The number of esters is 1. The number of carbonyl (C=O) groups is 2. The van der Waals surface area contributed by atoms with Crippen LogP contribution in [0.25, 0.3) is 0 Å². The number of hydrogen-bond donors (Lipinski definition) is 0. The zero-order chi connectivity index (χ0) is 13.0. The van der Waals surface area contributed by atoms with Gasteiger partial charge in [0.05, 0.1) is 19.3 Å². The predicted molar refractivity (Wildman–Crippen MR) is 63.4 cm³/mol. The van der Waals surface area contributed by atoms with Crippen molar-refractivity contribution in [1.82, 2.24) is 0 Å². The fourth-order valence-electron chi connectivity index (χ4n) is 1.63. The quantitative estimate of drug-likeness (QED) is 0.456. The van der Waals surface area contributed by atoms with Crippen LogP contribution in [-0.4, -0.2) is 25.5 Å². The number of benzene rings is 1. The minimum atomic E-state index is -0.848. The highest BCUT2D eigenvalue weighted by Crippen LogP contribution is 2.27. The van der Waals surface area contributed by atoms with Gasteiger partial charge in [0.2, 0.25) is 0 Å². The normalized spacial score (nSPS) is 9.88. The van der Waals surface area contributed by atoms with E-state index in [2.05, 4.69) is 0 Å². The van der Waals surface area contributed by atoms with Gasteiger partial charge in [0, 0.05) is 0 Å². The van der Waals surface area contributed by atoms with Crippen molar-refractivity contribution in [3.8, 4) is 5.75 Å². The molecule has 1 aromatic rings. The third kappa shape index (κ3) is 2.64. The molecule has 0 saturated heterocycles. The molecule has 0 fully saturated rings. The maximum absolute atomic E-state index is 11.9. The summed E-state index contributed by atoms with van der Waals surface area (Å²) in [7, 11) is 1.48. The van der Waals surface area contributed by atoms with Crippen LogP contribution in [0.5, 0.6) is 5.75 Å². The van der Waals surface area contributed by atoms with Gasteiger partial charge < -0.3 is 9.47 Å². The lowest BCUT2D eigenvalue weighted by atomic mass is 10.00. The summed E-state index contributed by atoms with van der Waals surface area (Å²) in [6.45, 7) is 5.41. The predicted octanol–water partition coefficient (Wildman–Crippen LogP) is 2.06. The summed E-state index contributed by atoms with van der Waals surface area (Å²) >= 11 is 0. The number of ether oxygens (including phenoxy) is 2. The molecule has 0 unspecified atom stereocenters. The fraction of sp³-hybridized carbons (Fsp3) is 0.385. The lowest BCUT2D eigenvalue weighted by molar-refractivity contribution is -0.137. The van der Waals surface area contributed by atoms with E-state index in [-0.39, 0.29) is 12.2 Å². The molecule has 0 aliphatic rings. The molecule has 0 bridgehead atoms. The third-order valence-corrected chi connectivity index (χ3v) is 2.45. The first-order valence-electron chi connectivity index (χ1n) is 5.38. The molecule has 4 nitrogen and oxygen atoms in total. The van der Waals surface area contributed by atoms with E-state index in [1.807, 2.05) is 13.0 Å². The Balaban J connectivity index is 3.25. The average Bonchev–Trinajstić information content (AvgIpc) is 2.31. The molecule has 1 rings (SSSR count). The van der Waals surface area contributed by atoms with Crippen molar-refractivity contribution in [2.45, 2.75) is 20.8 Å². The van der Waals surface area contributed by atoms with Gasteiger partial charge in [-0.05, 0) is 31.9 Å². The number of carbonyl (C=O) groups excluding carboxylic acids is 2. The second-order valence-electron chi connectivity index (χ2n) is 3.66. The SMILES string of the molecule is CCOC(=O)C(=O)c1c(C)ccc(C)c1OC. The summed E-state index contributed by atoms with van der Waals surface area (Å²) < 4.78 is 9.89. The van der Waals surface area contributed by atoms with Crippen LogP contribution in [0.1, 0.15) is 28.4 Å². The fourth-order valence-corrected chi connectivity index (χ4v) is 1.63. The molecule has 0 heterocycles. The molecular formula is C13H16O4. The number of hydrogen-bond acceptors (Lipinski definition) is 4. The van der Waals surface area contributed by atoms with Crippen LogP contribution in [0.15, 0.2) is 12.1 Å². The van der Waals surface area contributed by atoms with Gasteiger partial charge in [0.1, 0.15) is 5.75 Å². The van der Waals surface area contributed by atoms with Crippen molar-refractivity contribution in [2.24, 2.45) is 0 Å². The lowest BCUT2D eigenvalue weighted by Gasteiger charge is -2.12. The van der Waals surface area contributed by atoms with E-state index in [9.17, 15) is 9.59 Å². The van der Waals surface area contributed by atoms with Gasteiger partial charge in [-0.15, -0.1) is 0 Å². The molecule has 0 saturated carbocycles. The summed E-state index contributed by atoms with van der Waals surface area (Å²) in [5.41, 5.74) is 1.79. The van der Waals surface area contributed by atoms with Gasteiger partial charge in [-0.25, -0.2) is 4.79 Å². The summed E-state index contributed by atoms with van der Waals surface area (Å²) in [6, 6.07) is 3.63. The van der Waals surface area contributed by atoms with Crippen molar-refractivity contribution in [3.63, 3.8) is 0 Å². The van der Waals surface area contributed by atoms with E-state index in [0.717, 1.165) is 5.56 Å². The van der Waals surface area contributed by atoms with Crippen LogP contribution in [0.3, 0.4) is 0 Å². The summed E-state index contributed by atoms with van der Waals surface area (Å²) in [4.78, 5) is 23.4. The Bertz CT molecular complexity index is 449. The number of aryl methyl sites for hydroxylation is 2. The van der Waals surface area contributed by atoms with Gasteiger partial charge in [-0.2, -0.15) is 0 Å². The largest absolute Gasteiger partial charge is 0.496 e. The van der Waals surface area contributed by atoms with Gasteiger partial charge in [0.15, 0.2) is 0 Å². The average molecular weight is 236 g/mol. The van der Waals surface area contributed by atoms with E-state index < -0.39 is 11.8 Å². The lowest BCUT2D eigenvalue weighted by Crippen LogP contribution is -2.19. The van der Waals surface area contributed by atoms with Crippen molar-refractivity contribution >= 4 is 11.8 Å². The summed E-state index contributed by atoms with van der Waals surface area (Å²) in [5, 5.41) is 0. The molecule has 0 spiro atoms. The maximum atomic E-state index is 11.9. The Hall–Kier alpha value is -1.84. The first-order chi connectivity index (χ1) is 8.02. The van der Waals surface area contributed by atoms with Crippen LogP contribution in [0.2, 0.25) is 0 Å². The Kier molecular flexibility index (Phi) is 4.26. The second-order valence-corrected chi connectivity index (χ2v) is 3.66. The number of ketones is 1. The molecule has 0 radical (unpaired) electrons. The molecule has 0 atom stereocenters. The number of Topliss-reactive ketones (excluding diaryl/α,β-unsaturated/α-hetero) is 1. The Labute approximate surface area is 101 Å². The van der Waals surface area contributed by atoms with Crippen molar-refractivity contribution in [3.05, 3.63) is 28.8 Å². The Morgan fingerprint density at radius 1 is 1.18 bits per heavy atom. The zero-order valence-corrected chi connectivity index (χ0v) is 10.5. The summed E-state index contributed by atoms with van der Waals surface area (Å²) in [6.07, 6.45) is 0. The van der Waals surface area contributed by atoms with Crippen molar-refractivity contribution < 1.29 is 19.1 Å². The monoisotopic (exact) mass is 236 g/mol. The van der Waals surface area contributed by atoms with Crippen LogP contribution >= 0.6 is 0 Å². The van der Waals surface area contributed by atoms with Crippen LogP contribution in [-0.2, 0) is 9.53 Å². The number of rotatable bonds is 4. The maximum Gasteiger partial charge on any atom is 0.379 e. The van der Waals surface area contributed by atoms with E-state index in [1.165, 1.54) is 7.11 Å². The Morgan fingerprint density at radius 2 is 1.76 bits per heavy atom. The van der Waals surface area contributed by atoms with Crippen molar-refractivity contribution in [2.75, 3.05) is 13.7 Å². The first kappa shape index (κ1) is 13.2. The molecule has 0 aliphatic carbocycles. The summed E-state index contributed by atoms with van der Waals surface area (Å²) in [5.74, 6) is -1.08.